The van der Waals surface area contributed by atoms with Crippen molar-refractivity contribution in [3.05, 3.63) is 0 Å². The van der Waals surface area contributed by atoms with Crippen molar-refractivity contribution in [1.29, 1.82) is 0 Å². The molecule has 0 amide bonds. The van der Waals surface area contributed by atoms with E-state index in [1.165, 1.54) is 49.5 Å². The second kappa shape index (κ2) is 4.89. The largest absolute Gasteiger partial charge is 0.312 e. The second-order valence-electron chi connectivity index (χ2n) is 5.18. The summed E-state index contributed by atoms with van der Waals surface area (Å²) < 4.78 is 0. The van der Waals surface area contributed by atoms with Gasteiger partial charge in [-0.1, -0.05) is 0 Å². The highest BCUT2D eigenvalue weighted by atomic mass is 32.2. The van der Waals surface area contributed by atoms with Crippen molar-refractivity contribution in [1.82, 2.24) is 5.32 Å². The molecule has 1 nitrogen and oxygen atoms in total. The van der Waals surface area contributed by atoms with Crippen molar-refractivity contribution in [2.45, 2.75) is 37.0 Å². The van der Waals surface area contributed by atoms with Crippen LogP contribution < -0.4 is 5.32 Å². The van der Waals surface area contributed by atoms with Crippen LogP contribution in [0, 0.1) is 11.8 Å². The Morgan fingerprint density at radius 2 is 1.80 bits per heavy atom. The lowest BCUT2D eigenvalue weighted by atomic mass is 10.1. The van der Waals surface area contributed by atoms with Crippen LogP contribution >= 0.6 is 23.5 Å². The van der Waals surface area contributed by atoms with Crippen LogP contribution in [-0.4, -0.2) is 35.1 Å². The molecule has 1 N–H and O–H groups in total. The molecule has 0 aromatic rings. The summed E-state index contributed by atoms with van der Waals surface area (Å²) in [6.07, 6.45) is 6.00. The number of hydrogen-bond donors (Lipinski definition) is 1. The molecular weight excluding hydrogens is 222 g/mol. The molecule has 1 heterocycles. The number of thioether (sulfide) groups is 2. The van der Waals surface area contributed by atoms with Crippen LogP contribution in [0.3, 0.4) is 0 Å². The first kappa shape index (κ1) is 10.8. The van der Waals surface area contributed by atoms with E-state index in [2.05, 4.69) is 28.8 Å². The molecular formula is C12H21NS2. The van der Waals surface area contributed by atoms with Gasteiger partial charge in [-0.15, -0.1) is 0 Å². The molecule has 2 saturated carbocycles. The van der Waals surface area contributed by atoms with E-state index in [9.17, 15) is 0 Å². The van der Waals surface area contributed by atoms with E-state index in [0.29, 0.717) is 0 Å². The molecule has 1 saturated heterocycles. The zero-order valence-electron chi connectivity index (χ0n) is 9.28. The lowest BCUT2D eigenvalue weighted by Crippen LogP contribution is -2.39. The fourth-order valence-corrected chi connectivity index (χ4v) is 5.18. The van der Waals surface area contributed by atoms with Gasteiger partial charge in [-0.3, -0.25) is 0 Å². The summed E-state index contributed by atoms with van der Waals surface area (Å²) in [6.45, 7) is 1.27. The summed E-state index contributed by atoms with van der Waals surface area (Å²) >= 11 is 4.33. The van der Waals surface area contributed by atoms with E-state index in [-0.39, 0.29) is 0 Å². The molecule has 86 valence electrons. The first-order chi connectivity index (χ1) is 7.43. The van der Waals surface area contributed by atoms with Gasteiger partial charge in [0.05, 0.1) is 0 Å². The summed E-state index contributed by atoms with van der Waals surface area (Å²) in [5, 5.41) is 4.77. The lowest BCUT2D eigenvalue weighted by Gasteiger charge is -2.25. The van der Waals surface area contributed by atoms with Gasteiger partial charge in [0.15, 0.2) is 0 Å². The van der Waals surface area contributed by atoms with E-state index in [4.69, 9.17) is 0 Å². The Bertz CT molecular complexity index is 196. The van der Waals surface area contributed by atoms with Gasteiger partial charge < -0.3 is 5.32 Å². The van der Waals surface area contributed by atoms with Crippen LogP contribution in [-0.2, 0) is 0 Å². The van der Waals surface area contributed by atoms with Gasteiger partial charge in [-0.25, -0.2) is 0 Å². The topological polar surface area (TPSA) is 12.0 Å². The molecule has 0 spiro atoms. The highest BCUT2D eigenvalue weighted by Crippen LogP contribution is 2.44. The van der Waals surface area contributed by atoms with E-state index >= 15 is 0 Å². The third kappa shape index (κ3) is 3.07. The molecule has 0 aromatic carbocycles. The Morgan fingerprint density at radius 3 is 2.33 bits per heavy atom. The minimum atomic E-state index is 0.892. The van der Waals surface area contributed by atoms with Gasteiger partial charge in [0.25, 0.3) is 0 Å². The van der Waals surface area contributed by atoms with Crippen molar-refractivity contribution < 1.29 is 0 Å². The van der Waals surface area contributed by atoms with E-state index in [1.807, 2.05) is 0 Å². The van der Waals surface area contributed by atoms with Crippen LogP contribution in [0.4, 0.5) is 0 Å². The fourth-order valence-electron chi connectivity index (χ4n) is 2.55. The predicted octanol–water partition coefficient (Wildman–Crippen LogP) is 2.61. The first-order valence-corrected chi connectivity index (χ1v) is 8.56. The molecule has 3 heteroatoms. The molecule has 2 aliphatic carbocycles. The smallest absolute Gasteiger partial charge is 0.0263 e. The van der Waals surface area contributed by atoms with E-state index < -0.39 is 0 Å². The number of hydrogen-bond acceptors (Lipinski definition) is 3. The molecule has 0 aromatic heterocycles. The molecule has 1 atom stereocenters. The minimum Gasteiger partial charge on any atom is -0.312 e. The Hall–Kier alpha value is 0.660. The Kier molecular flexibility index (Phi) is 3.52. The average molecular weight is 243 g/mol. The SMILES string of the molecule is C1CSC(CNC(C2CC2)C2CC2)CS1. The van der Waals surface area contributed by atoms with E-state index in [1.54, 1.807) is 0 Å². The second-order valence-corrected chi connectivity index (χ2v) is 7.73. The number of rotatable bonds is 5. The molecule has 3 fully saturated rings. The maximum atomic E-state index is 3.88. The molecule has 3 aliphatic rings. The minimum absolute atomic E-state index is 0.892. The van der Waals surface area contributed by atoms with Crippen LogP contribution in [0.1, 0.15) is 25.7 Å². The first-order valence-electron chi connectivity index (χ1n) is 6.36. The molecule has 0 radical (unpaired) electrons. The van der Waals surface area contributed by atoms with Crippen LogP contribution in [0.5, 0.6) is 0 Å². The fraction of sp³-hybridized carbons (Fsp3) is 1.00. The highest BCUT2D eigenvalue weighted by Gasteiger charge is 2.41. The zero-order valence-corrected chi connectivity index (χ0v) is 10.9. The molecule has 1 unspecified atom stereocenters. The quantitative estimate of drug-likeness (QED) is 0.797. The summed E-state index contributed by atoms with van der Waals surface area (Å²) in [7, 11) is 0. The van der Waals surface area contributed by atoms with Crippen molar-refractivity contribution in [3.63, 3.8) is 0 Å². The van der Waals surface area contributed by atoms with Gasteiger partial charge in [0.1, 0.15) is 0 Å². The van der Waals surface area contributed by atoms with Crippen molar-refractivity contribution in [2.75, 3.05) is 23.8 Å². The highest BCUT2D eigenvalue weighted by molar-refractivity contribution is 8.06. The molecule has 15 heavy (non-hydrogen) atoms. The Labute approximate surface area is 102 Å². The van der Waals surface area contributed by atoms with Gasteiger partial charge in [-0.05, 0) is 37.5 Å². The maximum absolute atomic E-state index is 3.88. The summed E-state index contributed by atoms with van der Waals surface area (Å²) in [5.41, 5.74) is 0. The van der Waals surface area contributed by atoms with E-state index in [0.717, 1.165) is 23.1 Å². The normalized spacial score (nSPS) is 32.2. The van der Waals surface area contributed by atoms with Crippen LogP contribution in [0.25, 0.3) is 0 Å². The third-order valence-corrected chi connectivity index (χ3v) is 6.57. The van der Waals surface area contributed by atoms with Crippen molar-refractivity contribution >= 4 is 23.5 Å². The Balaban J connectivity index is 1.42. The maximum Gasteiger partial charge on any atom is 0.0263 e. The molecule has 0 bridgehead atoms. The monoisotopic (exact) mass is 243 g/mol. The van der Waals surface area contributed by atoms with Gasteiger partial charge >= 0.3 is 0 Å². The van der Waals surface area contributed by atoms with Gasteiger partial charge in [-0.2, -0.15) is 23.5 Å². The molecule has 1 aliphatic heterocycles. The summed E-state index contributed by atoms with van der Waals surface area (Å²) in [4.78, 5) is 0. The molecule has 3 rings (SSSR count). The van der Waals surface area contributed by atoms with Gasteiger partial charge in [0, 0.05) is 35.1 Å². The summed E-state index contributed by atoms with van der Waals surface area (Å²) in [6, 6.07) is 0.900. The van der Waals surface area contributed by atoms with Crippen LogP contribution in [0.2, 0.25) is 0 Å². The Morgan fingerprint density at radius 1 is 1.07 bits per heavy atom. The van der Waals surface area contributed by atoms with Crippen LogP contribution in [0.15, 0.2) is 0 Å². The zero-order chi connectivity index (χ0) is 10.1. The average Bonchev–Trinajstić information content (AvgIpc) is 3.14. The van der Waals surface area contributed by atoms with Crippen molar-refractivity contribution in [2.24, 2.45) is 11.8 Å². The number of nitrogens with one attached hydrogen (secondary N) is 1. The van der Waals surface area contributed by atoms with Crippen molar-refractivity contribution in [3.8, 4) is 0 Å². The summed E-state index contributed by atoms with van der Waals surface area (Å²) in [5.74, 6) is 6.22. The third-order valence-electron chi connectivity index (χ3n) is 3.73. The predicted molar refractivity (Wildman–Crippen MR) is 70.8 cm³/mol. The standard InChI is InChI=1S/C12H21NS2/c1-2-9(1)12(10-3-4-10)13-7-11-8-14-5-6-15-11/h9-13H,1-8H2. The van der Waals surface area contributed by atoms with Gasteiger partial charge in [0.2, 0.25) is 0 Å². The lowest BCUT2D eigenvalue weighted by molar-refractivity contribution is 0.420.